The molecule has 0 spiro atoms. The highest BCUT2D eigenvalue weighted by molar-refractivity contribution is 5.86. The lowest BCUT2D eigenvalue weighted by Gasteiger charge is -2.17. The zero-order chi connectivity index (χ0) is 17.7. The van der Waals surface area contributed by atoms with Crippen molar-refractivity contribution in [3.8, 4) is 6.07 Å². The Bertz CT molecular complexity index is 638. The van der Waals surface area contributed by atoms with E-state index in [0.29, 0.717) is 12.0 Å². The van der Waals surface area contributed by atoms with Crippen molar-refractivity contribution in [1.82, 2.24) is 5.06 Å². The molecule has 128 valence electrons. The van der Waals surface area contributed by atoms with E-state index in [1.807, 2.05) is 19.2 Å². The number of ether oxygens (including phenoxy) is 1. The number of nitriles is 1. The lowest BCUT2D eigenvalue weighted by molar-refractivity contribution is -0.152. The minimum absolute atomic E-state index is 0.0184. The van der Waals surface area contributed by atoms with Gasteiger partial charge in [-0.25, -0.2) is 0 Å². The third kappa shape index (κ3) is 4.38. The molecule has 7 nitrogen and oxygen atoms in total. The Morgan fingerprint density at radius 2 is 2.12 bits per heavy atom. The van der Waals surface area contributed by atoms with E-state index in [0.717, 1.165) is 5.56 Å². The van der Waals surface area contributed by atoms with Crippen LogP contribution in [0.4, 0.5) is 0 Å². The fourth-order valence-electron chi connectivity index (χ4n) is 2.81. The fraction of sp³-hybridized carbons (Fsp3) is 0.471. The van der Waals surface area contributed by atoms with Crippen molar-refractivity contribution < 1.29 is 19.2 Å². The van der Waals surface area contributed by atoms with Gasteiger partial charge in [0.2, 0.25) is 0 Å². The summed E-state index contributed by atoms with van der Waals surface area (Å²) >= 11 is 0. The molecule has 1 aliphatic rings. The second-order valence-corrected chi connectivity index (χ2v) is 5.84. The van der Waals surface area contributed by atoms with Crippen molar-refractivity contribution in [2.75, 3.05) is 14.2 Å². The van der Waals surface area contributed by atoms with E-state index >= 15 is 0 Å². The van der Waals surface area contributed by atoms with Gasteiger partial charge in [0, 0.05) is 19.9 Å². The number of methoxy groups -OCH3 is 1. The first-order valence-corrected chi connectivity index (χ1v) is 7.69. The molecule has 0 aromatic heterocycles. The van der Waals surface area contributed by atoms with Crippen LogP contribution in [0.3, 0.4) is 0 Å². The van der Waals surface area contributed by atoms with Gasteiger partial charge >= 0.3 is 5.97 Å². The normalized spacial score (nSPS) is 21.9. The highest BCUT2D eigenvalue weighted by atomic mass is 16.7. The Hall–Kier alpha value is -2.27. The molecule has 1 heterocycles. The number of ketones is 1. The number of benzene rings is 1. The minimum atomic E-state index is -0.934. The Morgan fingerprint density at radius 3 is 2.71 bits per heavy atom. The largest absolute Gasteiger partial charge is 0.468 e. The first kappa shape index (κ1) is 18.1. The standard InChI is InChI=1S/C17H21N3O4/c1-20-16(12-5-3-11(10-18)4-6-12)9-14(24-20)7-13(21)8-15(19)17(22)23-2/h3-6,14-16H,7-9,19H2,1-2H3/t14-,15?,16-/m0/s1. The third-order valence-electron chi connectivity index (χ3n) is 4.07. The smallest absolute Gasteiger partial charge is 0.323 e. The van der Waals surface area contributed by atoms with Crippen molar-refractivity contribution in [2.24, 2.45) is 5.73 Å². The number of carbonyl (C=O) groups is 2. The summed E-state index contributed by atoms with van der Waals surface area (Å²) in [5.74, 6) is -0.727. The van der Waals surface area contributed by atoms with Crippen LogP contribution in [0.2, 0.25) is 0 Å². The molecule has 24 heavy (non-hydrogen) atoms. The highest BCUT2D eigenvalue weighted by Gasteiger charge is 2.33. The SMILES string of the molecule is COC(=O)C(N)CC(=O)C[C@H]1C[C@@H](c2ccc(C#N)cc2)N(C)O1. The second-order valence-electron chi connectivity index (χ2n) is 5.84. The number of hydrogen-bond donors (Lipinski definition) is 1. The van der Waals surface area contributed by atoms with Crippen molar-refractivity contribution >= 4 is 11.8 Å². The molecule has 1 fully saturated rings. The quantitative estimate of drug-likeness (QED) is 0.778. The number of Topliss-reactive ketones (excluding diaryl/α,β-unsaturated/α-hetero) is 1. The predicted octanol–water partition coefficient (Wildman–Crippen LogP) is 1.08. The molecule has 1 aromatic carbocycles. The monoisotopic (exact) mass is 331 g/mol. The van der Waals surface area contributed by atoms with Crippen LogP contribution in [-0.2, 0) is 19.2 Å². The van der Waals surface area contributed by atoms with E-state index in [-0.39, 0.29) is 30.8 Å². The molecule has 1 aliphatic heterocycles. The van der Waals surface area contributed by atoms with Crippen LogP contribution < -0.4 is 5.73 Å². The summed E-state index contributed by atoms with van der Waals surface area (Å²) in [5, 5.41) is 10.6. The molecule has 2 N–H and O–H groups in total. The number of hydroxylamine groups is 2. The van der Waals surface area contributed by atoms with Gasteiger partial charge in [-0.3, -0.25) is 14.4 Å². The van der Waals surface area contributed by atoms with E-state index in [1.54, 1.807) is 17.2 Å². The Labute approximate surface area is 140 Å². The van der Waals surface area contributed by atoms with Crippen LogP contribution in [0.25, 0.3) is 0 Å². The first-order valence-electron chi connectivity index (χ1n) is 7.69. The van der Waals surface area contributed by atoms with Crippen LogP contribution in [0.5, 0.6) is 0 Å². The summed E-state index contributed by atoms with van der Waals surface area (Å²) in [6.45, 7) is 0. The summed E-state index contributed by atoms with van der Waals surface area (Å²) in [5.41, 5.74) is 7.23. The van der Waals surface area contributed by atoms with Gasteiger partial charge in [0.05, 0.1) is 30.9 Å². The van der Waals surface area contributed by atoms with Crippen LogP contribution in [0.1, 0.15) is 36.4 Å². The number of carbonyl (C=O) groups excluding carboxylic acids is 2. The van der Waals surface area contributed by atoms with Crippen molar-refractivity contribution in [3.05, 3.63) is 35.4 Å². The minimum Gasteiger partial charge on any atom is -0.468 e. The fourth-order valence-corrected chi connectivity index (χ4v) is 2.81. The maximum absolute atomic E-state index is 12.0. The van der Waals surface area contributed by atoms with Crippen molar-refractivity contribution in [2.45, 2.75) is 37.5 Å². The molecule has 3 atom stereocenters. The average Bonchev–Trinajstić information content (AvgIpc) is 2.94. The molecule has 1 saturated heterocycles. The Morgan fingerprint density at radius 1 is 1.46 bits per heavy atom. The van der Waals surface area contributed by atoms with Gasteiger partial charge in [0.15, 0.2) is 0 Å². The molecule has 2 rings (SSSR count). The lowest BCUT2D eigenvalue weighted by Crippen LogP contribution is -2.34. The van der Waals surface area contributed by atoms with Gasteiger partial charge in [-0.1, -0.05) is 12.1 Å². The Balaban J connectivity index is 1.92. The highest BCUT2D eigenvalue weighted by Crippen LogP contribution is 2.34. The summed E-state index contributed by atoms with van der Waals surface area (Å²) in [6, 6.07) is 8.47. The van der Waals surface area contributed by atoms with E-state index in [2.05, 4.69) is 10.8 Å². The van der Waals surface area contributed by atoms with Crippen molar-refractivity contribution in [1.29, 1.82) is 5.26 Å². The van der Waals surface area contributed by atoms with Crippen molar-refractivity contribution in [3.63, 3.8) is 0 Å². The van der Waals surface area contributed by atoms with E-state index in [4.69, 9.17) is 15.8 Å². The zero-order valence-electron chi connectivity index (χ0n) is 13.8. The zero-order valence-corrected chi connectivity index (χ0v) is 13.8. The van der Waals surface area contributed by atoms with Gasteiger partial charge in [0.1, 0.15) is 11.8 Å². The van der Waals surface area contributed by atoms with E-state index in [1.165, 1.54) is 7.11 Å². The molecular formula is C17H21N3O4. The lowest BCUT2D eigenvalue weighted by atomic mass is 9.97. The number of rotatable bonds is 6. The third-order valence-corrected chi connectivity index (χ3v) is 4.07. The van der Waals surface area contributed by atoms with E-state index < -0.39 is 12.0 Å². The molecule has 0 bridgehead atoms. The maximum atomic E-state index is 12.0. The van der Waals surface area contributed by atoms with Gasteiger partial charge in [-0.05, 0) is 24.1 Å². The summed E-state index contributed by atoms with van der Waals surface area (Å²) in [6.07, 6.45) is 0.536. The topological polar surface area (TPSA) is 106 Å². The summed E-state index contributed by atoms with van der Waals surface area (Å²) < 4.78 is 4.52. The number of hydrogen-bond acceptors (Lipinski definition) is 7. The average molecular weight is 331 g/mol. The van der Waals surface area contributed by atoms with Crippen LogP contribution in [-0.4, -0.2) is 43.1 Å². The number of esters is 1. The van der Waals surface area contributed by atoms with E-state index in [9.17, 15) is 9.59 Å². The molecular weight excluding hydrogens is 310 g/mol. The molecule has 1 aromatic rings. The second kappa shape index (κ2) is 8.02. The molecule has 0 radical (unpaired) electrons. The molecule has 0 aliphatic carbocycles. The van der Waals surface area contributed by atoms with Gasteiger partial charge in [-0.15, -0.1) is 0 Å². The molecule has 7 heteroatoms. The van der Waals surface area contributed by atoms with Crippen LogP contribution in [0, 0.1) is 11.3 Å². The van der Waals surface area contributed by atoms with Crippen LogP contribution in [0.15, 0.2) is 24.3 Å². The maximum Gasteiger partial charge on any atom is 0.323 e. The van der Waals surface area contributed by atoms with Gasteiger partial charge in [-0.2, -0.15) is 10.3 Å². The Kier molecular flexibility index (Phi) is 6.04. The number of nitrogens with zero attached hydrogens (tertiary/aromatic N) is 2. The summed E-state index contributed by atoms with van der Waals surface area (Å²) in [4.78, 5) is 29.0. The molecule has 0 saturated carbocycles. The molecule has 0 amide bonds. The predicted molar refractivity (Wildman–Crippen MR) is 85.4 cm³/mol. The summed E-state index contributed by atoms with van der Waals surface area (Å²) in [7, 11) is 3.05. The van der Waals surface area contributed by atoms with Gasteiger partial charge in [0.25, 0.3) is 0 Å². The number of nitrogens with two attached hydrogens (primary N) is 1. The van der Waals surface area contributed by atoms with Gasteiger partial charge < -0.3 is 10.5 Å². The first-order chi connectivity index (χ1) is 11.4. The van der Waals surface area contributed by atoms with Crippen LogP contribution >= 0.6 is 0 Å². The molecule has 1 unspecified atom stereocenters.